The second-order valence-electron chi connectivity index (χ2n) is 20.8. The Morgan fingerprint density at radius 2 is 1.28 bits per heavy atom. The third kappa shape index (κ3) is 18.6. The monoisotopic (exact) mass is 1070 g/mol. The van der Waals surface area contributed by atoms with Crippen LogP contribution in [-0.4, -0.2) is 107 Å². The molecular formula is C58H69N7O13. The number of fused-ring (bicyclic) bond motifs is 1. The van der Waals surface area contributed by atoms with Gasteiger partial charge >= 0.3 is 18.2 Å². The lowest BCUT2D eigenvalue weighted by molar-refractivity contribution is -0.384. The minimum atomic E-state index is -1.34. The van der Waals surface area contributed by atoms with E-state index in [4.69, 9.17) is 18.9 Å². The van der Waals surface area contributed by atoms with E-state index in [2.05, 4.69) is 26.6 Å². The smallest absolute Gasteiger partial charge is 0.408 e. The lowest BCUT2D eigenvalue weighted by Crippen LogP contribution is -2.59. The molecule has 0 bridgehead atoms. The fourth-order valence-corrected chi connectivity index (χ4v) is 8.63. The molecule has 0 saturated carbocycles. The van der Waals surface area contributed by atoms with Gasteiger partial charge in [0.15, 0.2) is 0 Å². The number of alkyl carbamates (subject to hydrolysis) is 2. The minimum Gasteiger partial charge on any atom is -0.488 e. The fourth-order valence-electron chi connectivity index (χ4n) is 8.63. The Kier molecular flexibility index (Phi) is 20.7. The number of ether oxygens (including phenoxy) is 4. The molecule has 6 amide bonds. The molecule has 1 fully saturated rings. The summed E-state index contributed by atoms with van der Waals surface area (Å²) in [4.78, 5) is 109. The second kappa shape index (κ2) is 27.5. The van der Waals surface area contributed by atoms with Crippen LogP contribution in [0.4, 0.5) is 15.3 Å². The Morgan fingerprint density at radius 3 is 1.97 bits per heavy atom. The molecule has 20 heteroatoms. The summed E-state index contributed by atoms with van der Waals surface area (Å²) in [7, 11) is 0. The first kappa shape index (κ1) is 58.7. The average Bonchev–Trinajstić information content (AvgIpc) is 3.90. The molecule has 20 nitrogen and oxygen atoms in total. The number of carbonyl (C=O) groups excluding carboxylic acids is 7. The first-order valence-electron chi connectivity index (χ1n) is 25.9. The zero-order valence-corrected chi connectivity index (χ0v) is 44.8. The lowest BCUT2D eigenvalue weighted by atomic mass is 9.97. The van der Waals surface area contributed by atoms with Crippen molar-refractivity contribution in [3.8, 4) is 5.75 Å². The molecule has 5 aromatic rings. The molecular weight excluding hydrogens is 1000 g/mol. The molecule has 5 aromatic carbocycles. The van der Waals surface area contributed by atoms with Crippen LogP contribution in [0.3, 0.4) is 0 Å². The van der Waals surface area contributed by atoms with Gasteiger partial charge in [0.2, 0.25) is 23.6 Å². The standard InChI is InChI=1S/C58H69N7O13/c1-57(2,3)77-44-29-25-38(26-30-44)33-47(63-56(72)78-58(4,5)6)52(68)61-46(21-13-31-59-55(71)76-37-39-15-8-7-9-16-39)51(67)62-48(34-42-19-12-18-41-17-10-11-20-45(41)42)54(70)64-32-14-22-49(64)53(69)60-35-50(66)75-36-40-23-27-43(28-24-40)65(73)74/h7-12,15-20,23-30,46-49H,13-14,21-22,31-37H2,1-6H3,(H,59,71)(H,60,69)(H,61,68)(H,62,67)(H,63,72)/t46-,47+,48+,49-/m1/s1. The molecule has 78 heavy (non-hydrogen) atoms. The fraction of sp³-hybridized carbons (Fsp3) is 0.397. The van der Waals surface area contributed by atoms with Crippen molar-refractivity contribution in [2.45, 2.75) is 129 Å². The van der Waals surface area contributed by atoms with Crippen LogP contribution in [0, 0.1) is 10.1 Å². The van der Waals surface area contributed by atoms with Crippen molar-refractivity contribution in [3.63, 3.8) is 0 Å². The molecule has 1 saturated heterocycles. The largest absolute Gasteiger partial charge is 0.488 e. The van der Waals surface area contributed by atoms with Crippen LogP contribution >= 0.6 is 0 Å². The van der Waals surface area contributed by atoms with E-state index in [0.29, 0.717) is 28.9 Å². The Morgan fingerprint density at radius 1 is 0.654 bits per heavy atom. The van der Waals surface area contributed by atoms with Gasteiger partial charge in [-0.15, -0.1) is 0 Å². The van der Waals surface area contributed by atoms with Crippen molar-refractivity contribution in [1.82, 2.24) is 31.5 Å². The van der Waals surface area contributed by atoms with E-state index in [0.717, 1.165) is 16.3 Å². The maximum Gasteiger partial charge on any atom is 0.408 e. The highest BCUT2D eigenvalue weighted by molar-refractivity contribution is 5.97. The molecule has 5 N–H and O–H groups in total. The molecule has 1 aliphatic heterocycles. The first-order chi connectivity index (χ1) is 37.1. The molecule has 1 heterocycles. The van der Waals surface area contributed by atoms with Gasteiger partial charge < -0.3 is 50.4 Å². The van der Waals surface area contributed by atoms with Crippen LogP contribution in [-0.2, 0) is 64.2 Å². The average molecular weight is 1070 g/mol. The van der Waals surface area contributed by atoms with E-state index in [-0.39, 0.29) is 64.1 Å². The zero-order chi connectivity index (χ0) is 56.4. The summed E-state index contributed by atoms with van der Waals surface area (Å²) in [6.07, 6.45) is -0.860. The number of rotatable bonds is 23. The predicted molar refractivity (Wildman–Crippen MR) is 290 cm³/mol. The second-order valence-corrected chi connectivity index (χ2v) is 20.8. The summed E-state index contributed by atoms with van der Waals surface area (Å²) in [5, 5.41) is 26.4. The van der Waals surface area contributed by atoms with Crippen molar-refractivity contribution in [2.24, 2.45) is 0 Å². The molecule has 0 spiro atoms. The quantitative estimate of drug-likeness (QED) is 0.0144. The van der Waals surface area contributed by atoms with Gasteiger partial charge in [-0.1, -0.05) is 84.9 Å². The molecule has 414 valence electrons. The highest BCUT2D eigenvalue weighted by Crippen LogP contribution is 2.25. The van der Waals surface area contributed by atoms with Gasteiger partial charge in [-0.2, -0.15) is 0 Å². The van der Waals surface area contributed by atoms with Crippen molar-refractivity contribution in [2.75, 3.05) is 19.6 Å². The number of hydrogen-bond acceptors (Lipinski definition) is 13. The number of nitrogens with zero attached hydrogens (tertiary/aromatic N) is 2. The molecule has 0 radical (unpaired) electrons. The number of hydrogen-bond donors (Lipinski definition) is 5. The predicted octanol–water partition coefficient (Wildman–Crippen LogP) is 7.13. The summed E-state index contributed by atoms with van der Waals surface area (Å²) in [5.74, 6) is -2.91. The summed E-state index contributed by atoms with van der Waals surface area (Å²) >= 11 is 0. The number of carbonyl (C=O) groups is 7. The Hall–Kier alpha value is -8.55. The van der Waals surface area contributed by atoms with Crippen molar-refractivity contribution in [3.05, 3.63) is 154 Å². The Labute approximate surface area is 453 Å². The summed E-state index contributed by atoms with van der Waals surface area (Å²) in [6.45, 7) is 10.3. The van der Waals surface area contributed by atoms with Crippen molar-refractivity contribution < 1.29 is 57.4 Å². The number of nitro groups is 1. The van der Waals surface area contributed by atoms with Gasteiger partial charge in [0, 0.05) is 38.1 Å². The number of nitro benzene ring substituents is 1. The minimum absolute atomic E-state index is 0.0243. The number of likely N-dealkylation sites (tertiary alicyclic amines) is 1. The van der Waals surface area contributed by atoms with E-state index in [9.17, 15) is 43.7 Å². The Bertz CT molecular complexity index is 2880. The van der Waals surface area contributed by atoms with Crippen molar-refractivity contribution >= 4 is 58.2 Å². The van der Waals surface area contributed by atoms with E-state index < -0.39 is 88.6 Å². The van der Waals surface area contributed by atoms with Gasteiger partial charge in [-0.25, -0.2) is 9.59 Å². The van der Waals surface area contributed by atoms with Crippen molar-refractivity contribution in [1.29, 1.82) is 0 Å². The maximum atomic E-state index is 15.0. The summed E-state index contributed by atoms with van der Waals surface area (Å²) in [5.41, 5.74) is 1.12. The van der Waals surface area contributed by atoms with E-state index in [1.54, 1.807) is 45.0 Å². The highest BCUT2D eigenvalue weighted by Gasteiger charge is 2.39. The van der Waals surface area contributed by atoms with Crippen LogP contribution in [0.5, 0.6) is 5.75 Å². The van der Waals surface area contributed by atoms with E-state index >= 15 is 0 Å². The van der Waals surface area contributed by atoms with Crippen LogP contribution in [0.1, 0.15) is 89.5 Å². The van der Waals surface area contributed by atoms with E-state index in [1.807, 2.05) is 93.6 Å². The van der Waals surface area contributed by atoms with Crippen LogP contribution in [0.15, 0.2) is 121 Å². The van der Waals surface area contributed by atoms with E-state index in [1.165, 1.54) is 29.2 Å². The van der Waals surface area contributed by atoms with Gasteiger partial charge in [-0.05, 0) is 125 Å². The number of non-ortho nitro benzene ring substituents is 1. The molecule has 0 aliphatic carbocycles. The maximum absolute atomic E-state index is 15.0. The molecule has 4 atom stereocenters. The zero-order valence-electron chi connectivity index (χ0n) is 44.8. The summed E-state index contributed by atoms with van der Waals surface area (Å²) in [6, 6.07) is 29.8. The number of benzene rings is 5. The molecule has 0 aromatic heterocycles. The molecule has 0 unspecified atom stereocenters. The summed E-state index contributed by atoms with van der Waals surface area (Å²) < 4.78 is 22.2. The Balaban J connectivity index is 1.23. The third-order valence-corrected chi connectivity index (χ3v) is 12.3. The number of esters is 1. The normalized spacial score (nSPS) is 14.4. The SMILES string of the molecule is CC(C)(C)OC(=O)N[C@@H](Cc1ccc(OC(C)(C)C)cc1)C(=O)N[C@H](CCCNC(=O)OCc1ccccc1)C(=O)N[C@@H](Cc1cccc2ccccc12)C(=O)N1CCC[C@@H]1C(=O)NCC(=O)OCc1ccc([N+](=O)[O-])cc1. The first-order valence-corrected chi connectivity index (χ1v) is 25.9. The molecule has 1 aliphatic rings. The number of amides is 6. The van der Waals surface area contributed by atoms with Gasteiger partial charge in [-0.3, -0.25) is 34.1 Å². The van der Waals surface area contributed by atoms with Gasteiger partial charge in [0.25, 0.3) is 5.69 Å². The van der Waals surface area contributed by atoms with Crippen LogP contribution < -0.4 is 31.3 Å². The highest BCUT2D eigenvalue weighted by atomic mass is 16.6. The van der Waals surface area contributed by atoms with Gasteiger partial charge in [0.1, 0.15) is 60.9 Å². The lowest BCUT2D eigenvalue weighted by Gasteiger charge is -2.30. The van der Waals surface area contributed by atoms with Crippen LogP contribution in [0.25, 0.3) is 10.8 Å². The molecule has 6 rings (SSSR count). The third-order valence-electron chi connectivity index (χ3n) is 12.3. The van der Waals surface area contributed by atoms with Crippen LogP contribution in [0.2, 0.25) is 0 Å². The number of nitrogens with one attached hydrogen (secondary N) is 5. The van der Waals surface area contributed by atoms with Gasteiger partial charge in [0.05, 0.1) is 4.92 Å². The topological polar surface area (TPSA) is 263 Å².